The molecule has 0 saturated heterocycles. The number of allylic oxidation sites excluding steroid dienone is 29. The van der Waals surface area contributed by atoms with Crippen LogP contribution in [0, 0.1) is 0 Å². The first kappa shape index (κ1) is 73.6. The monoisotopic (exact) mass is 1090 g/mol. The topological polar surface area (TPSA) is 108 Å². The number of quaternary nitrogens is 1. The number of likely N-dealkylation sites (N-methyl/N-ethyl adjacent to an activating group) is 1. The number of amides is 1. The summed E-state index contributed by atoms with van der Waals surface area (Å²) in [4.78, 5) is 25.5. The highest BCUT2D eigenvalue weighted by Gasteiger charge is 2.23. The molecule has 0 radical (unpaired) electrons. The second-order valence-electron chi connectivity index (χ2n) is 20.6. The number of carbonyl (C=O) groups excluding carboxylic acids is 1. The number of rotatable bonds is 52. The van der Waals surface area contributed by atoms with E-state index < -0.39 is 26.6 Å². The molecule has 1 amide bonds. The zero-order valence-electron chi connectivity index (χ0n) is 49.8. The van der Waals surface area contributed by atoms with Crippen molar-refractivity contribution < 1.29 is 32.9 Å². The fourth-order valence-electron chi connectivity index (χ4n) is 7.40. The Hall–Kier alpha value is -4.40. The highest BCUT2D eigenvalue weighted by Crippen LogP contribution is 2.38. The summed E-state index contributed by atoms with van der Waals surface area (Å²) >= 11 is 0. The summed E-state index contributed by atoms with van der Waals surface area (Å²) in [6.07, 6.45) is 92.7. The number of nitrogens with one attached hydrogen (secondary N) is 1. The van der Waals surface area contributed by atoms with Gasteiger partial charge in [-0.2, -0.15) is 0 Å². The van der Waals surface area contributed by atoms with E-state index >= 15 is 0 Å². The van der Waals surface area contributed by atoms with Crippen molar-refractivity contribution in [3.63, 3.8) is 0 Å². The van der Waals surface area contributed by atoms with Crippen molar-refractivity contribution in [2.45, 2.75) is 206 Å². The molecule has 0 heterocycles. The molecule has 0 rings (SSSR count). The van der Waals surface area contributed by atoms with Gasteiger partial charge in [0.25, 0.3) is 7.82 Å². The second-order valence-corrected chi connectivity index (χ2v) is 22.0. The van der Waals surface area contributed by atoms with E-state index in [1.165, 1.54) is 32.1 Å². The molecule has 0 aromatic rings. The zero-order valence-corrected chi connectivity index (χ0v) is 50.7. The van der Waals surface area contributed by atoms with E-state index in [1.54, 1.807) is 6.08 Å². The molecule has 3 atom stereocenters. The Morgan fingerprint density at radius 3 is 1.18 bits per heavy atom. The lowest BCUT2D eigenvalue weighted by Gasteiger charge is -2.29. The number of aliphatic hydroxyl groups is 1. The van der Waals surface area contributed by atoms with Crippen LogP contribution >= 0.6 is 7.82 Å². The van der Waals surface area contributed by atoms with Gasteiger partial charge < -0.3 is 28.8 Å². The van der Waals surface area contributed by atoms with E-state index in [-0.39, 0.29) is 18.9 Å². The van der Waals surface area contributed by atoms with Crippen molar-refractivity contribution in [1.82, 2.24) is 5.32 Å². The normalized spacial score (nSPS) is 15.1. The lowest BCUT2D eigenvalue weighted by molar-refractivity contribution is -0.870. The van der Waals surface area contributed by atoms with Gasteiger partial charge in [0.1, 0.15) is 13.2 Å². The van der Waals surface area contributed by atoms with Crippen LogP contribution in [-0.2, 0) is 18.4 Å². The molecule has 0 aromatic carbocycles. The summed E-state index contributed by atoms with van der Waals surface area (Å²) in [6, 6.07) is -0.937. The van der Waals surface area contributed by atoms with Gasteiger partial charge in [0.15, 0.2) is 0 Å². The van der Waals surface area contributed by atoms with Crippen molar-refractivity contribution in [2.75, 3.05) is 40.9 Å². The number of hydrogen-bond donors (Lipinski definition) is 2. The Kier molecular flexibility index (Phi) is 54.1. The van der Waals surface area contributed by atoms with Crippen LogP contribution in [0.3, 0.4) is 0 Å². The largest absolute Gasteiger partial charge is 0.756 e. The molecule has 0 aliphatic rings. The molecule has 0 aromatic heterocycles. The quantitative estimate of drug-likeness (QED) is 0.0272. The van der Waals surface area contributed by atoms with Crippen LogP contribution in [0.15, 0.2) is 182 Å². The van der Waals surface area contributed by atoms with Crippen LogP contribution in [-0.4, -0.2) is 68.5 Å². The van der Waals surface area contributed by atoms with Crippen molar-refractivity contribution >= 4 is 13.7 Å². The summed E-state index contributed by atoms with van der Waals surface area (Å²) in [5.74, 6) is -0.245. The summed E-state index contributed by atoms with van der Waals surface area (Å²) in [5.41, 5.74) is 0. The van der Waals surface area contributed by atoms with E-state index in [0.29, 0.717) is 23.9 Å². The third kappa shape index (κ3) is 59.3. The predicted molar refractivity (Wildman–Crippen MR) is 338 cm³/mol. The first-order valence-electron chi connectivity index (χ1n) is 30.1. The zero-order chi connectivity index (χ0) is 57.0. The van der Waals surface area contributed by atoms with Gasteiger partial charge in [0, 0.05) is 6.42 Å². The average Bonchev–Trinajstić information content (AvgIpc) is 3.41. The molecule has 0 aliphatic heterocycles. The maximum Gasteiger partial charge on any atom is 0.268 e. The van der Waals surface area contributed by atoms with Crippen LogP contribution < -0.4 is 10.2 Å². The number of phosphoric acid groups is 1. The Balaban J connectivity index is 4.25. The third-order valence-electron chi connectivity index (χ3n) is 12.1. The Morgan fingerprint density at radius 1 is 0.462 bits per heavy atom. The molecular weight excluding hydrogens is 984 g/mol. The standard InChI is InChI=1S/C69H111N2O6P/c1-6-8-10-12-14-16-18-20-22-23-24-25-26-27-28-29-30-31-32-33-34-35-36-37-38-39-40-41-42-43-44-45-46-47-49-51-53-55-57-59-61-63-69(73)70-67(66-77-78(74,75)76-65-64-71(3,4)5)68(72)62-60-58-56-54-52-50-48-21-19-17-15-13-11-9-7-2/h8,10,14,16,19-22,24-25,27-28,30-31,33-34,36-37,39-40,42-43,45-46,49,51-52,54,60,62,67-68,72H,6-7,9,11-13,15,17-18,23,26,29,32,35,38,41,44,47-48,50,53,55-59,61,63-66H2,1-5H3,(H-,70,73,74,75)/b10-8-,16-14-,21-19+,22-20-,25-24-,28-27-,31-30-,34-33-,37-36-,40-39-,43-42-,46-45-,51-49-,54-52+,62-60+. The molecule has 9 heteroatoms. The van der Waals surface area contributed by atoms with Gasteiger partial charge in [-0.3, -0.25) is 9.36 Å². The number of hydrogen-bond acceptors (Lipinski definition) is 6. The lowest BCUT2D eigenvalue weighted by atomic mass is 10.1. The van der Waals surface area contributed by atoms with Gasteiger partial charge in [-0.05, 0) is 135 Å². The fourth-order valence-corrected chi connectivity index (χ4v) is 8.12. The van der Waals surface area contributed by atoms with Gasteiger partial charge in [0.2, 0.25) is 5.91 Å². The van der Waals surface area contributed by atoms with Gasteiger partial charge >= 0.3 is 0 Å². The van der Waals surface area contributed by atoms with E-state index in [4.69, 9.17) is 9.05 Å². The minimum absolute atomic E-state index is 0.0245. The van der Waals surface area contributed by atoms with Crippen LogP contribution in [0.1, 0.15) is 194 Å². The summed E-state index contributed by atoms with van der Waals surface area (Å²) in [7, 11) is 1.19. The molecule has 438 valence electrons. The molecular formula is C69H111N2O6P. The van der Waals surface area contributed by atoms with Crippen molar-refractivity contribution in [2.24, 2.45) is 0 Å². The highest BCUT2D eigenvalue weighted by atomic mass is 31.2. The van der Waals surface area contributed by atoms with E-state index in [0.717, 1.165) is 128 Å². The minimum Gasteiger partial charge on any atom is -0.756 e. The van der Waals surface area contributed by atoms with Gasteiger partial charge in [0.05, 0.1) is 39.9 Å². The van der Waals surface area contributed by atoms with Crippen molar-refractivity contribution in [3.8, 4) is 0 Å². The maximum absolute atomic E-state index is 12.9. The molecule has 3 unspecified atom stereocenters. The lowest BCUT2D eigenvalue weighted by Crippen LogP contribution is -2.45. The molecule has 8 nitrogen and oxygen atoms in total. The molecule has 78 heavy (non-hydrogen) atoms. The number of unbranched alkanes of at least 4 members (excludes halogenated alkanes) is 11. The summed E-state index contributed by atoms with van der Waals surface area (Å²) in [5, 5.41) is 13.8. The van der Waals surface area contributed by atoms with E-state index in [1.807, 2.05) is 27.2 Å². The fraction of sp³-hybridized carbons (Fsp3) is 0.551. The minimum atomic E-state index is -4.63. The molecule has 2 N–H and O–H groups in total. The average molecular weight is 1100 g/mol. The Labute approximate surface area is 478 Å². The molecule has 0 spiro atoms. The van der Waals surface area contributed by atoms with Gasteiger partial charge in [-0.25, -0.2) is 0 Å². The Morgan fingerprint density at radius 2 is 0.795 bits per heavy atom. The first-order valence-corrected chi connectivity index (χ1v) is 31.6. The van der Waals surface area contributed by atoms with Crippen LogP contribution in [0.5, 0.6) is 0 Å². The summed E-state index contributed by atoms with van der Waals surface area (Å²) < 4.78 is 23.3. The molecule has 0 aliphatic carbocycles. The second kappa shape index (κ2) is 57.3. The van der Waals surface area contributed by atoms with E-state index in [2.05, 4.69) is 189 Å². The molecule has 0 saturated carbocycles. The Bertz CT molecular complexity index is 1920. The smallest absolute Gasteiger partial charge is 0.268 e. The number of phosphoric ester groups is 1. The maximum atomic E-state index is 12.9. The summed E-state index contributed by atoms with van der Waals surface area (Å²) in [6.45, 7) is 4.43. The highest BCUT2D eigenvalue weighted by molar-refractivity contribution is 7.45. The van der Waals surface area contributed by atoms with Crippen molar-refractivity contribution in [3.05, 3.63) is 182 Å². The first-order chi connectivity index (χ1) is 38.0. The van der Waals surface area contributed by atoms with Gasteiger partial charge in [-0.15, -0.1) is 0 Å². The van der Waals surface area contributed by atoms with Crippen LogP contribution in [0.2, 0.25) is 0 Å². The number of nitrogens with zero attached hydrogens (tertiary/aromatic N) is 1. The van der Waals surface area contributed by atoms with E-state index in [9.17, 15) is 19.4 Å². The van der Waals surface area contributed by atoms with Gasteiger partial charge in [-0.1, -0.05) is 235 Å². The third-order valence-corrected chi connectivity index (χ3v) is 13.0. The number of aliphatic hydroxyl groups excluding tert-OH is 1. The predicted octanol–water partition coefficient (Wildman–Crippen LogP) is 18.3. The van der Waals surface area contributed by atoms with Crippen molar-refractivity contribution in [1.29, 1.82) is 0 Å². The molecule has 0 fully saturated rings. The number of carbonyl (C=O) groups is 1. The SMILES string of the molecule is CC/C=C\C/C=C\C/C=C\C/C=C\C/C=C\C/C=C\C/C=C\C/C=C\C/C=C\C/C=C\C/C=C\C/C=C\CCCCCCC(=O)NC(COP(=O)([O-])OCC[N+](C)(C)C)C(O)/C=C/CC/C=C/CC/C=C/CCCCCCC. The van der Waals surface area contributed by atoms with Crippen LogP contribution in [0.4, 0.5) is 0 Å². The molecule has 0 bridgehead atoms. The van der Waals surface area contributed by atoms with Crippen LogP contribution in [0.25, 0.3) is 0 Å².